The average molecular weight is 555 g/mol. The molecule has 3 heterocycles. The molecule has 0 atom stereocenters. The molecule has 1 N–H and O–H groups in total. The summed E-state index contributed by atoms with van der Waals surface area (Å²) in [6.07, 6.45) is 1.77. The van der Waals surface area contributed by atoms with Crippen molar-refractivity contribution in [3.05, 3.63) is 68.8 Å². The number of nitrogens with one attached hydrogen (secondary N) is 1. The zero-order valence-corrected chi connectivity index (χ0v) is 23.1. The van der Waals surface area contributed by atoms with Gasteiger partial charge in [-0.2, -0.15) is 15.1 Å². The van der Waals surface area contributed by atoms with E-state index in [-0.39, 0.29) is 17.3 Å². The number of hydrazone groups is 1. The van der Waals surface area contributed by atoms with Crippen LogP contribution < -0.4 is 4.74 Å². The lowest BCUT2D eigenvalue weighted by atomic mass is 10.0. The number of nitrogens with zero attached hydrogens (tertiary/aromatic N) is 4. The maximum atomic E-state index is 13.0. The third-order valence-corrected chi connectivity index (χ3v) is 7.99. The van der Waals surface area contributed by atoms with Gasteiger partial charge < -0.3 is 9.30 Å². The number of aromatic nitrogens is 1. The molecular weight excluding hydrogens is 529 g/mol. The molecule has 2 aromatic carbocycles. The molecule has 190 valence electrons. The number of fused-ring (bicyclic) bond motifs is 2. The lowest BCUT2D eigenvalue weighted by Crippen LogP contribution is -2.35. The average Bonchev–Trinajstić information content (AvgIpc) is 3.37. The Hall–Kier alpha value is -3.07. The number of amidine groups is 2. The van der Waals surface area contributed by atoms with Crippen LogP contribution in [0.2, 0.25) is 10.0 Å². The maximum Gasteiger partial charge on any atom is 0.283 e. The number of benzene rings is 2. The van der Waals surface area contributed by atoms with E-state index in [2.05, 4.69) is 32.9 Å². The van der Waals surface area contributed by atoms with Crippen molar-refractivity contribution in [2.75, 3.05) is 6.61 Å². The third-order valence-electron chi connectivity index (χ3n) is 6.25. The van der Waals surface area contributed by atoms with Crippen molar-refractivity contribution >= 4 is 73.9 Å². The fraction of sp³-hybridized carbons (Fsp3) is 0.259. The van der Waals surface area contributed by atoms with E-state index < -0.39 is 5.91 Å². The molecule has 2 aliphatic heterocycles. The lowest BCUT2D eigenvalue weighted by molar-refractivity contribution is -0.114. The molecule has 0 bridgehead atoms. The maximum absolute atomic E-state index is 13.0. The second-order valence-corrected chi connectivity index (χ2v) is 11.0. The van der Waals surface area contributed by atoms with Gasteiger partial charge in [-0.05, 0) is 62.0 Å². The van der Waals surface area contributed by atoms with E-state index in [1.807, 2.05) is 27.7 Å². The summed E-state index contributed by atoms with van der Waals surface area (Å²) in [5, 5.41) is 18.0. The zero-order valence-electron chi connectivity index (χ0n) is 20.8. The molecule has 0 saturated heterocycles. The van der Waals surface area contributed by atoms with Crippen LogP contribution in [0.3, 0.4) is 0 Å². The molecule has 2 aliphatic rings. The van der Waals surface area contributed by atoms with Crippen LogP contribution >= 0.6 is 35.0 Å². The van der Waals surface area contributed by atoms with Gasteiger partial charge in [0.05, 0.1) is 17.1 Å². The van der Waals surface area contributed by atoms with Crippen molar-refractivity contribution in [3.8, 4) is 5.75 Å². The zero-order chi connectivity index (χ0) is 26.4. The second-order valence-electron chi connectivity index (χ2n) is 9.21. The quantitative estimate of drug-likeness (QED) is 0.336. The lowest BCUT2D eigenvalue weighted by Gasteiger charge is -2.20. The Labute approximate surface area is 229 Å². The van der Waals surface area contributed by atoms with Gasteiger partial charge in [-0.15, -0.1) is 0 Å². The van der Waals surface area contributed by atoms with Crippen LogP contribution in [0.15, 0.2) is 52.1 Å². The molecule has 0 saturated carbocycles. The van der Waals surface area contributed by atoms with E-state index in [9.17, 15) is 4.79 Å². The van der Waals surface area contributed by atoms with Crippen LogP contribution in [-0.4, -0.2) is 38.1 Å². The second kappa shape index (κ2) is 10.0. The Bertz CT molecular complexity index is 1550. The van der Waals surface area contributed by atoms with Gasteiger partial charge in [-0.25, -0.2) is 0 Å². The molecule has 1 amide bonds. The van der Waals surface area contributed by atoms with Gasteiger partial charge >= 0.3 is 0 Å². The molecular formula is C27H25Cl2N5O2S. The Balaban J connectivity index is 1.50. The predicted molar refractivity (Wildman–Crippen MR) is 153 cm³/mol. The van der Waals surface area contributed by atoms with Crippen molar-refractivity contribution in [1.82, 2.24) is 9.58 Å². The summed E-state index contributed by atoms with van der Waals surface area (Å²) < 4.78 is 8.09. The first kappa shape index (κ1) is 25.6. The molecule has 0 spiro atoms. The smallest absolute Gasteiger partial charge is 0.283 e. The fourth-order valence-electron chi connectivity index (χ4n) is 4.32. The number of carbonyl (C=O) groups is 1. The normalized spacial score (nSPS) is 16.6. The predicted octanol–water partition coefficient (Wildman–Crippen LogP) is 6.92. The van der Waals surface area contributed by atoms with Crippen molar-refractivity contribution in [1.29, 1.82) is 5.41 Å². The third kappa shape index (κ3) is 4.81. The van der Waals surface area contributed by atoms with Gasteiger partial charge in [0.1, 0.15) is 17.4 Å². The molecule has 5 rings (SSSR count). The molecule has 0 fully saturated rings. The summed E-state index contributed by atoms with van der Waals surface area (Å²) in [6.45, 7) is 9.03. The highest BCUT2D eigenvalue weighted by Gasteiger charge is 2.36. The fourth-order valence-corrected chi connectivity index (χ4v) is 5.67. The number of amides is 1. The first-order valence-electron chi connectivity index (χ1n) is 11.8. The summed E-state index contributed by atoms with van der Waals surface area (Å²) in [5.41, 5.74) is 4.15. The molecule has 37 heavy (non-hydrogen) atoms. The summed E-state index contributed by atoms with van der Waals surface area (Å²) >= 11 is 13.6. The number of hydrogen-bond acceptors (Lipinski definition) is 5. The van der Waals surface area contributed by atoms with Gasteiger partial charge in [0.2, 0.25) is 5.17 Å². The van der Waals surface area contributed by atoms with E-state index in [0.717, 1.165) is 32.8 Å². The van der Waals surface area contributed by atoms with Crippen LogP contribution in [0.5, 0.6) is 5.75 Å². The highest BCUT2D eigenvalue weighted by atomic mass is 35.5. The molecule has 0 radical (unpaired) electrons. The van der Waals surface area contributed by atoms with Crippen molar-refractivity contribution in [3.63, 3.8) is 0 Å². The summed E-state index contributed by atoms with van der Waals surface area (Å²) in [5.74, 6) is 0.351. The Morgan fingerprint density at radius 2 is 1.95 bits per heavy atom. The van der Waals surface area contributed by atoms with Crippen molar-refractivity contribution in [2.24, 2.45) is 16.0 Å². The van der Waals surface area contributed by atoms with Crippen molar-refractivity contribution < 1.29 is 9.53 Å². The summed E-state index contributed by atoms with van der Waals surface area (Å²) in [6, 6.07) is 11.4. The largest absolute Gasteiger partial charge is 0.490 e. The van der Waals surface area contributed by atoms with Gasteiger partial charge in [0.15, 0.2) is 5.84 Å². The number of aryl methyl sites for hydroxylation is 1. The monoisotopic (exact) mass is 553 g/mol. The Kier molecular flexibility index (Phi) is 6.91. The van der Waals surface area contributed by atoms with Crippen LogP contribution in [0, 0.1) is 25.2 Å². The number of ether oxygens (including phenoxy) is 1. The molecule has 0 unspecified atom stereocenters. The summed E-state index contributed by atoms with van der Waals surface area (Å²) in [7, 11) is 0. The highest BCUT2D eigenvalue weighted by Crippen LogP contribution is 2.34. The summed E-state index contributed by atoms with van der Waals surface area (Å²) in [4.78, 5) is 17.2. The van der Waals surface area contributed by atoms with Crippen molar-refractivity contribution in [2.45, 2.75) is 34.2 Å². The first-order valence-corrected chi connectivity index (χ1v) is 13.4. The van der Waals surface area contributed by atoms with E-state index >= 15 is 0 Å². The van der Waals surface area contributed by atoms with E-state index in [1.54, 1.807) is 24.3 Å². The standard InChI is InChI=1S/C27H25Cl2N5O2S/c1-14(2)26-32-34-24(30)20(25(35)31-27(34)37-26)13-18-16(4)33(22-7-5-15(3)11-19(18)22)9-10-36-23-8-6-17(28)12-21(23)29/h5-8,11-14,30H,9-10H2,1-4H3/b20-13-,30-24?. The van der Waals surface area contributed by atoms with Crippen LogP contribution in [0.1, 0.15) is 30.7 Å². The molecule has 7 nitrogen and oxygen atoms in total. The SMILES string of the molecule is Cc1ccc2c(c1)c(/C=C1/C(=N)N3N=C(C(C)C)SC3=NC1=O)c(C)n2CCOc1ccc(Cl)cc1Cl. The Morgan fingerprint density at radius 1 is 1.16 bits per heavy atom. The van der Waals surface area contributed by atoms with E-state index in [0.29, 0.717) is 34.1 Å². The number of hydrogen-bond donors (Lipinski definition) is 1. The minimum Gasteiger partial charge on any atom is -0.490 e. The molecule has 1 aromatic heterocycles. The molecule has 10 heteroatoms. The minimum absolute atomic E-state index is 0.0341. The number of rotatable bonds is 6. The van der Waals surface area contributed by atoms with Crippen LogP contribution in [0.25, 0.3) is 17.0 Å². The molecule has 3 aromatic rings. The topological polar surface area (TPSA) is 83.0 Å². The van der Waals surface area contributed by atoms with Gasteiger partial charge in [0, 0.05) is 33.1 Å². The number of halogens is 2. The molecule has 0 aliphatic carbocycles. The van der Waals surface area contributed by atoms with Gasteiger partial charge in [0.25, 0.3) is 5.91 Å². The van der Waals surface area contributed by atoms with Crippen LogP contribution in [0.4, 0.5) is 0 Å². The number of aliphatic imine (C=N–C) groups is 1. The first-order chi connectivity index (χ1) is 17.6. The van der Waals surface area contributed by atoms with Gasteiger partial charge in [-0.3, -0.25) is 10.2 Å². The van der Waals surface area contributed by atoms with E-state index in [4.69, 9.17) is 33.3 Å². The van der Waals surface area contributed by atoms with Crippen LogP contribution in [-0.2, 0) is 11.3 Å². The number of thioether (sulfide) groups is 1. The number of carbonyl (C=O) groups excluding carboxylic acids is 1. The highest BCUT2D eigenvalue weighted by molar-refractivity contribution is 8.27. The Morgan fingerprint density at radius 3 is 2.68 bits per heavy atom. The minimum atomic E-state index is -0.433. The van der Waals surface area contributed by atoms with Gasteiger partial charge in [-0.1, -0.05) is 48.7 Å². The van der Waals surface area contributed by atoms with E-state index in [1.165, 1.54) is 16.8 Å².